The second-order valence-corrected chi connectivity index (χ2v) is 5.16. The summed E-state index contributed by atoms with van der Waals surface area (Å²) in [4.78, 5) is 20.3. The van der Waals surface area contributed by atoms with Gasteiger partial charge in [-0.1, -0.05) is 12.1 Å². The van der Waals surface area contributed by atoms with Crippen LogP contribution in [0.3, 0.4) is 0 Å². The van der Waals surface area contributed by atoms with Crippen LogP contribution in [0, 0.1) is 0 Å². The highest BCUT2D eigenvalue weighted by Crippen LogP contribution is 2.32. The highest BCUT2D eigenvalue weighted by molar-refractivity contribution is 6.10. The largest absolute Gasteiger partial charge is 0.507 e. The molecule has 0 amide bonds. The lowest BCUT2D eigenvalue weighted by molar-refractivity contribution is 0.0696. The number of hydrogen-bond donors (Lipinski definition) is 3. The highest BCUT2D eigenvalue weighted by Gasteiger charge is 2.17. The Morgan fingerprint density at radius 1 is 0.783 bits per heavy atom. The van der Waals surface area contributed by atoms with E-state index in [2.05, 4.69) is 9.97 Å². The molecule has 23 heavy (non-hydrogen) atoms. The Morgan fingerprint density at radius 3 is 2.30 bits per heavy atom. The molecule has 0 saturated carbocycles. The molecule has 112 valence electrons. The molecule has 0 fully saturated rings. The van der Waals surface area contributed by atoms with Gasteiger partial charge in [0.05, 0.1) is 16.6 Å². The number of carbonyl (C=O) groups is 1. The van der Waals surface area contributed by atoms with E-state index in [1.54, 1.807) is 30.3 Å². The molecule has 0 bridgehead atoms. The van der Waals surface area contributed by atoms with E-state index in [-0.39, 0.29) is 22.6 Å². The van der Waals surface area contributed by atoms with Gasteiger partial charge in [0.1, 0.15) is 22.6 Å². The predicted octanol–water partition coefficient (Wildman–Crippen LogP) is 3.05. The lowest BCUT2D eigenvalue weighted by Gasteiger charge is -2.08. The van der Waals surface area contributed by atoms with Crippen LogP contribution in [0.4, 0.5) is 0 Å². The third-order valence-corrected chi connectivity index (χ3v) is 3.80. The number of aromatic carboxylic acids is 1. The summed E-state index contributed by atoms with van der Waals surface area (Å²) in [5, 5.41) is 30.4. The van der Waals surface area contributed by atoms with Gasteiger partial charge in [0.2, 0.25) is 0 Å². The van der Waals surface area contributed by atoms with Crippen LogP contribution < -0.4 is 0 Å². The zero-order valence-corrected chi connectivity index (χ0v) is 11.7. The number of nitrogens with zero attached hydrogens (tertiary/aromatic N) is 2. The molecule has 0 aliphatic rings. The molecule has 0 saturated heterocycles. The summed E-state index contributed by atoms with van der Waals surface area (Å²) in [6.07, 6.45) is 0. The van der Waals surface area contributed by atoms with E-state index in [9.17, 15) is 20.1 Å². The molecule has 6 nitrogen and oxygen atoms in total. The van der Waals surface area contributed by atoms with E-state index in [1.165, 1.54) is 12.1 Å². The summed E-state index contributed by atoms with van der Waals surface area (Å²) in [6.45, 7) is 0. The third-order valence-electron chi connectivity index (χ3n) is 3.80. The van der Waals surface area contributed by atoms with Gasteiger partial charge in [-0.05, 0) is 30.3 Å². The number of benzene rings is 3. The normalized spacial score (nSPS) is 11.3. The number of rotatable bonds is 1. The van der Waals surface area contributed by atoms with Crippen LogP contribution >= 0.6 is 0 Å². The molecule has 3 aromatic carbocycles. The van der Waals surface area contributed by atoms with Crippen LogP contribution in [-0.2, 0) is 0 Å². The summed E-state index contributed by atoms with van der Waals surface area (Å²) in [6, 6.07) is 11.3. The molecule has 1 aromatic heterocycles. The number of fused-ring (bicyclic) bond motifs is 4. The number of aromatic nitrogens is 2. The number of phenols is 2. The van der Waals surface area contributed by atoms with Crippen molar-refractivity contribution >= 4 is 38.8 Å². The molecule has 0 radical (unpaired) electrons. The monoisotopic (exact) mass is 306 g/mol. The van der Waals surface area contributed by atoms with Crippen molar-refractivity contribution in [2.75, 3.05) is 0 Å². The zero-order valence-electron chi connectivity index (χ0n) is 11.7. The maximum absolute atomic E-state index is 11.4. The van der Waals surface area contributed by atoms with E-state index in [0.717, 1.165) is 0 Å². The van der Waals surface area contributed by atoms with Crippen LogP contribution in [0.25, 0.3) is 32.8 Å². The van der Waals surface area contributed by atoms with Crippen molar-refractivity contribution in [1.29, 1.82) is 0 Å². The minimum Gasteiger partial charge on any atom is -0.507 e. The maximum Gasteiger partial charge on any atom is 0.341 e. The molecule has 0 aliphatic heterocycles. The maximum atomic E-state index is 11.4. The van der Waals surface area contributed by atoms with E-state index in [4.69, 9.17) is 0 Å². The topological polar surface area (TPSA) is 104 Å². The summed E-state index contributed by atoms with van der Waals surface area (Å²) in [5.74, 6) is -1.52. The third kappa shape index (κ3) is 1.85. The Labute approximate surface area is 129 Å². The second kappa shape index (κ2) is 4.54. The molecule has 1 heterocycles. The van der Waals surface area contributed by atoms with E-state index in [1.807, 2.05) is 0 Å². The Kier molecular flexibility index (Phi) is 2.62. The van der Waals surface area contributed by atoms with Crippen LogP contribution in [-0.4, -0.2) is 31.3 Å². The van der Waals surface area contributed by atoms with E-state index < -0.39 is 5.97 Å². The first-order chi connectivity index (χ1) is 11.1. The van der Waals surface area contributed by atoms with Gasteiger partial charge in [-0.3, -0.25) is 0 Å². The van der Waals surface area contributed by atoms with Gasteiger partial charge in [-0.15, -0.1) is 0 Å². The predicted molar refractivity (Wildman–Crippen MR) is 84.8 cm³/mol. The number of carboxylic acid groups (broad SMARTS) is 1. The first-order valence-electron chi connectivity index (χ1n) is 6.83. The van der Waals surface area contributed by atoms with Crippen molar-refractivity contribution in [3.63, 3.8) is 0 Å². The van der Waals surface area contributed by atoms with Crippen molar-refractivity contribution in [2.24, 2.45) is 0 Å². The average molecular weight is 306 g/mol. The molecule has 0 unspecified atom stereocenters. The molecule has 0 atom stereocenters. The number of aromatic hydroxyl groups is 2. The van der Waals surface area contributed by atoms with Crippen LogP contribution in [0.15, 0.2) is 42.5 Å². The molecular weight excluding hydrogens is 296 g/mol. The smallest absolute Gasteiger partial charge is 0.341 e. The molecule has 0 spiro atoms. The van der Waals surface area contributed by atoms with Crippen molar-refractivity contribution < 1.29 is 20.1 Å². The minimum atomic E-state index is -1.27. The van der Waals surface area contributed by atoms with Gasteiger partial charge in [0, 0.05) is 10.8 Å². The Morgan fingerprint density at radius 2 is 1.52 bits per heavy atom. The van der Waals surface area contributed by atoms with Crippen LogP contribution in [0.5, 0.6) is 11.5 Å². The number of carboxylic acids is 1. The van der Waals surface area contributed by atoms with Gasteiger partial charge < -0.3 is 15.3 Å². The minimum absolute atomic E-state index is 0.112. The highest BCUT2D eigenvalue weighted by atomic mass is 16.4. The fourth-order valence-electron chi connectivity index (χ4n) is 2.75. The summed E-state index contributed by atoms with van der Waals surface area (Å²) in [5.41, 5.74) is 1.26. The Bertz CT molecular complexity index is 1120. The molecular formula is C17H10N2O4. The zero-order chi connectivity index (χ0) is 16.1. The number of phenolic OH excluding ortho intramolecular Hbond substituents is 1. The van der Waals surface area contributed by atoms with E-state index >= 15 is 0 Å². The van der Waals surface area contributed by atoms with Crippen LogP contribution in [0.2, 0.25) is 0 Å². The molecule has 4 aromatic rings. The fraction of sp³-hybridized carbons (Fsp3) is 0. The van der Waals surface area contributed by atoms with Crippen molar-refractivity contribution in [1.82, 2.24) is 9.97 Å². The van der Waals surface area contributed by atoms with Gasteiger partial charge >= 0.3 is 5.97 Å². The summed E-state index contributed by atoms with van der Waals surface area (Å²) >= 11 is 0. The Hall–Kier alpha value is -3.41. The van der Waals surface area contributed by atoms with Crippen LogP contribution in [0.1, 0.15) is 10.4 Å². The second-order valence-electron chi connectivity index (χ2n) is 5.16. The SMILES string of the molecule is O=C(O)c1c(O)ccc2nc3ccc4c(O)cccc4c3nc12. The summed E-state index contributed by atoms with van der Waals surface area (Å²) in [7, 11) is 0. The standard InChI is InChI=1S/C17H10N2O4/c20-12-3-1-2-9-8(12)4-5-10-15(9)19-16-11(18-10)6-7-13(21)14(16)17(22)23/h1-7,20-21H,(H,22,23). The lowest BCUT2D eigenvalue weighted by Crippen LogP contribution is -2.01. The van der Waals surface area contributed by atoms with Gasteiger partial charge in [-0.2, -0.15) is 0 Å². The average Bonchev–Trinajstić information content (AvgIpc) is 2.53. The fourth-order valence-corrected chi connectivity index (χ4v) is 2.75. The summed E-state index contributed by atoms with van der Waals surface area (Å²) < 4.78 is 0. The van der Waals surface area contributed by atoms with Gasteiger partial charge in [-0.25, -0.2) is 14.8 Å². The van der Waals surface area contributed by atoms with E-state index in [0.29, 0.717) is 27.3 Å². The number of hydrogen-bond acceptors (Lipinski definition) is 5. The quantitative estimate of drug-likeness (QED) is 0.369. The molecule has 4 rings (SSSR count). The van der Waals surface area contributed by atoms with Crippen molar-refractivity contribution in [3.8, 4) is 11.5 Å². The first kappa shape index (κ1) is 13.3. The molecule has 6 heteroatoms. The Balaban J connectivity index is 2.24. The van der Waals surface area contributed by atoms with Gasteiger partial charge in [0.25, 0.3) is 0 Å². The lowest BCUT2D eigenvalue weighted by atomic mass is 10.1. The molecule has 3 N–H and O–H groups in total. The first-order valence-corrected chi connectivity index (χ1v) is 6.83. The van der Waals surface area contributed by atoms with Crippen molar-refractivity contribution in [2.45, 2.75) is 0 Å². The van der Waals surface area contributed by atoms with Crippen molar-refractivity contribution in [3.05, 3.63) is 48.0 Å². The molecule has 0 aliphatic carbocycles. The van der Waals surface area contributed by atoms with Gasteiger partial charge in [0.15, 0.2) is 0 Å².